The molecule has 3 rings (SSSR count). The van der Waals surface area contributed by atoms with Crippen LogP contribution in [-0.4, -0.2) is 31.2 Å². The van der Waals surface area contributed by atoms with Crippen LogP contribution in [0.5, 0.6) is 0 Å². The molecule has 136 valence electrons. The number of aromatic nitrogens is 3. The van der Waals surface area contributed by atoms with E-state index in [4.69, 9.17) is 0 Å². The molecule has 0 saturated heterocycles. The molecule has 2 aromatic carbocycles. The number of fused-ring (bicyclic) bond motifs is 1. The van der Waals surface area contributed by atoms with Gasteiger partial charge in [-0.3, -0.25) is 4.79 Å². The maximum Gasteiger partial charge on any atom is 0.307 e. The summed E-state index contributed by atoms with van der Waals surface area (Å²) in [6, 6.07) is 9.67. The van der Waals surface area contributed by atoms with Gasteiger partial charge in [0, 0.05) is 13.0 Å². The molecule has 0 aliphatic heterocycles. The molecule has 0 fully saturated rings. The topological polar surface area (TPSA) is 88.2 Å². The molecule has 2 atom stereocenters. The van der Waals surface area contributed by atoms with Crippen molar-refractivity contribution < 1.29 is 15.0 Å². The molecule has 1 heterocycles. The van der Waals surface area contributed by atoms with Gasteiger partial charge in [0.05, 0.1) is 18.0 Å². The summed E-state index contributed by atoms with van der Waals surface area (Å²) < 4.78 is 1.71. The van der Waals surface area contributed by atoms with Gasteiger partial charge in [0.1, 0.15) is 5.52 Å². The van der Waals surface area contributed by atoms with E-state index >= 15 is 0 Å². The number of aliphatic hydroxyl groups is 1. The van der Waals surface area contributed by atoms with Crippen LogP contribution in [0.4, 0.5) is 0 Å². The molecule has 26 heavy (non-hydrogen) atoms. The summed E-state index contributed by atoms with van der Waals surface area (Å²) in [7, 11) is 1.83. The maximum absolute atomic E-state index is 11.8. The first-order valence-corrected chi connectivity index (χ1v) is 8.57. The van der Waals surface area contributed by atoms with Crippen molar-refractivity contribution in [1.29, 1.82) is 0 Å². The summed E-state index contributed by atoms with van der Waals surface area (Å²) in [5.41, 5.74) is 6.21. The molecule has 3 aromatic rings. The predicted molar refractivity (Wildman–Crippen MR) is 99.0 cm³/mol. The van der Waals surface area contributed by atoms with Gasteiger partial charge >= 0.3 is 5.97 Å². The van der Waals surface area contributed by atoms with E-state index in [1.54, 1.807) is 11.6 Å². The minimum absolute atomic E-state index is 0.0734. The largest absolute Gasteiger partial charge is 0.481 e. The van der Waals surface area contributed by atoms with Crippen LogP contribution < -0.4 is 0 Å². The fourth-order valence-corrected chi connectivity index (χ4v) is 3.52. The summed E-state index contributed by atoms with van der Waals surface area (Å²) in [6.07, 6.45) is 0. The molecule has 0 aliphatic carbocycles. The minimum Gasteiger partial charge on any atom is -0.481 e. The van der Waals surface area contributed by atoms with Crippen LogP contribution >= 0.6 is 0 Å². The van der Waals surface area contributed by atoms with Crippen LogP contribution in [0, 0.1) is 19.8 Å². The highest BCUT2D eigenvalue weighted by Crippen LogP contribution is 2.37. The van der Waals surface area contributed by atoms with Crippen molar-refractivity contribution in [3.8, 4) is 0 Å². The van der Waals surface area contributed by atoms with Gasteiger partial charge in [-0.05, 0) is 47.7 Å². The lowest BCUT2D eigenvalue weighted by Crippen LogP contribution is -2.21. The maximum atomic E-state index is 11.8. The quantitative estimate of drug-likeness (QED) is 0.736. The average molecular weight is 353 g/mol. The van der Waals surface area contributed by atoms with Crippen molar-refractivity contribution >= 4 is 17.0 Å². The fourth-order valence-electron chi connectivity index (χ4n) is 3.52. The first kappa shape index (κ1) is 18.1. The molecule has 0 saturated carbocycles. The lowest BCUT2D eigenvalue weighted by molar-refractivity contribution is -0.141. The SMILES string of the molecule is Cc1ccc([C@@H](c2ccc3c(nnn3C)c2C)[C@@H](C)C(=O)O)cc1CO. The molecule has 2 N–H and O–H groups in total. The molecule has 0 amide bonds. The van der Waals surface area contributed by atoms with E-state index < -0.39 is 11.9 Å². The lowest BCUT2D eigenvalue weighted by atomic mass is 9.79. The number of aliphatic hydroxyl groups excluding tert-OH is 1. The Morgan fingerprint density at radius 2 is 1.96 bits per heavy atom. The van der Waals surface area contributed by atoms with Crippen LogP contribution in [0.25, 0.3) is 11.0 Å². The van der Waals surface area contributed by atoms with E-state index in [9.17, 15) is 15.0 Å². The van der Waals surface area contributed by atoms with Gasteiger partial charge in [-0.25, -0.2) is 4.68 Å². The molecule has 6 nitrogen and oxygen atoms in total. The summed E-state index contributed by atoms with van der Waals surface area (Å²) in [4.78, 5) is 11.8. The molecule has 0 spiro atoms. The summed E-state index contributed by atoms with van der Waals surface area (Å²) in [6.45, 7) is 5.53. The number of carbonyl (C=O) groups is 1. The van der Waals surface area contributed by atoms with Gasteiger partial charge in [-0.2, -0.15) is 0 Å². The third-order valence-corrected chi connectivity index (χ3v) is 5.21. The van der Waals surface area contributed by atoms with E-state index in [1.807, 2.05) is 51.2 Å². The number of aryl methyl sites for hydroxylation is 3. The van der Waals surface area contributed by atoms with Crippen molar-refractivity contribution in [1.82, 2.24) is 15.0 Å². The minimum atomic E-state index is -0.861. The number of aliphatic carboxylic acids is 1. The summed E-state index contributed by atoms with van der Waals surface area (Å²) in [5.74, 6) is -1.83. The molecular formula is C20H23N3O3. The number of nitrogens with zero attached hydrogens (tertiary/aromatic N) is 3. The molecule has 6 heteroatoms. The third kappa shape index (κ3) is 2.97. The molecule has 0 aliphatic rings. The van der Waals surface area contributed by atoms with E-state index in [0.717, 1.165) is 38.9 Å². The second kappa shape index (κ2) is 6.88. The highest BCUT2D eigenvalue weighted by Gasteiger charge is 2.29. The fraction of sp³-hybridized carbons (Fsp3) is 0.350. The summed E-state index contributed by atoms with van der Waals surface area (Å²) >= 11 is 0. The van der Waals surface area contributed by atoms with Crippen molar-refractivity contribution in [3.05, 3.63) is 58.1 Å². The van der Waals surface area contributed by atoms with Crippen LogP contribution in [0.3, 0.4) is 0 Å². The number of carboxylic acid groups (broad SMARTS) is 1. The Morgan fingerprint density at radius 3 is 2.62 bits per heavy atom. The van der Waals surface area contributed by atoms with Gasteiger partial charge in [0.15, 0.2) is 0 Å². The first-order chi connectivity index (χ1) is 12.3. The summed E-state index contributed by atoms with van der Waals surface area (Å²) in [5, 5.41) is 27.6. The van der Waals surface area contributed by atoms with Crippen LogP contribution in [0.1, 0.15) is 40.7 Å². The zero-order valence-electron chi connectivity index (χ0n) is 15.4. The van der Waals surface area contributed by atoms with Gasteiger partial charge in [0.25, 0.3) is 0 Å². The number of hydrogen-bond acceptors (Lipinski definition) is 4. The zero-order chi connectivity index (χ0) is 19.0. The van der Waals surface area contributed by atoms with Crippen molar-refractivity contribution in [2.45, 2.75) is 33.3 Å². The Balaban J connectivity index is 2.22. The molecule has 1 aromatic heterocycles. The smallest absolute Gasteiger partial charge is 0.307 e. The average Bonchev–Trinajstić information content (AvgIpc) is 3.00. The van der Waals surface area contributed by atoms with E-state index in [0.29, 0.717) is 0 Å². The Bertz CT molecular complexity index is 978. The van der Waals surface area contributed by atoms with Crippen molar-refractivity contribution in [3.63, 3.8) is 0 Å². The molecule has 0 unspecified atom stereocenters. The number of hydrogen-bond donors (Lipinski definition) is 2. The highest BCUT2D eigenvalue weighted by atomic mass is 16.4. The number of rotatable bonds is 5. The lowest BCUT2D eigenvalue weighted by Gasteiger charge is -2.25. The van der Waals surface area contributed by atoms with Crippen LogP contribution in [-0.2, 0) is 18.4 Å². The van der Waals surface area contributed by atoms with Gasteiger partial charge in [-0.15, -0.1) is 5.10 Å². The number of carboxylic acids is 1. The van der Waals surface area contributed by atoms with Crippen LogP contribution in [0.2, 0.25) is 0 Å². The van der Waals surface area contributed by atoms with Gasteiger partial charge in [-0.1, -0.05) is 36.4 Å². The van der Waals surface area contributed by atoms with Gasteiger partial charge < -0.3 is 10.2 Å². The Labute approximate surface area is 152 Å². The standard InChI is InChI=1S/C20H23N3O3/c1-11-5-6-14(9-15(11)10-24)18(13(3)20(25)26)16-7-8-17-19(12(16)2)21-22-23(17)4/h5-9,13,18,24H,10H2,1-4H3,(H,25,26)/t13-,18+/m1/s1. The zero-order valence-corrected chi connectivity index (χ0v) is 15.4. The Morgan fingerprint density at radius 1 is 1.23 bits per heavy atom. The second-order valence-electron chi connectivity index (χ2n) is 6.81. The van der Waals surface area contributed by atoms with Crippen molar-refractivity contribution in [2.75, 3.05) is 0 Å². The normalized spacial score (nSPS) is 13.7. The molecule has 0 radical (unpaired) electrons. The molecule has 0 bridgehead atoms. The highest BCUT2D eigenvalue weighted by molar-refractivity contribution is 5.80. The second-order valence-corrected chi connectivity index (χ2v) is 6.81. The van der Waals surface area contributed by atoms with E-state index in [1.165, 1.54) is 0 Å². The van der Waals surface area contributed by atoms with E-state index in [-0.39, 0.29) is 12.5 Å². The Hall–Kier alpha value is -2.73. The first-order valence-electron chi connectivity index (χ1n) is 8.57. The van der Waals surface area contributed by atoms with Crippen LogP contribution in [0.15, 0.2) is 30.3 Å². The predicted octanol–water partition coefficient (Wildman–Crippen LogP) is 2.93. The monoisotopic (exact) mass is 353 g/mol. The van der Waals surface area contributed by atoms with Gasteiger partial charge in [0.2, 0.25) is 0 Å². The number of benzene rings is 2. The molecular weight excluding hydrogens is 330 g/mol. The Kier molecular flexibility index (Phi) is 4.78. The van der Waals surface area contributed by atoms with E-state index in [2.05, 4.69) is 10.3 Å². The van der Waals surface area contributed by atoms with Crippen molar-refractivity contribution in [2.24, 2.45) is 13.0 Å². The third-order valence-electron chi connectivity index (χ3n) is 5.21.